The average molecular weight is 271 g/mol. The molecule has 1 unspecified atom stereocenters. The molecule has 108 valence electrons. The first kappa shape index (κ1) is 13.7. The summed E-state index contributed by atoms with van der Waals surface area (Å²) >= 11 is 0. The molecule has 0 aliphatic heterocycles. The van der Waals surface area contributed by atoms with Gasteiger partial charge in [-0.05, 0) is 69.7 Å². The van der Waals surface area contributed by atoms with Crippen molar-refractivity contribution in [3.05, 3.63) is 41.5 Å². The van der Waals surface area contributed by atoms with Crippen molar-refractivity contribution in [1.29, 1.82) is 0 Å². The summed E-state index contributed by atoms with van der Waals surface area (Å²) in [6, 6.07) is 9.02. The second-order valence-corrected chi connectivity index (χ2v) is 6.04. The Morgan fingerprint density at radius 3 is 2.90 bits per heavy atom. The number of hydrogen-bond donors (Lipinski definition) is 1. The minimum absolute atomic E-state index is 0.405. The summed E-state index contributed by atoms with van der Waals surface area (Å²) < 4.78 is 5.91. The van der Waals surface area contributed by atoms with Gasteiger partial charge < -0.3 is 10.1 Å². The fourth-order valence-corrected chi connectivity index (χ4v) is 2.92. The molecule has 2 aliphatic carbocycles. The average Bonchev–Trinajstić information content (AvgIpc) is 3.30. The van der Waals surface area contributed by atoms with E-state index in [0.29, 0.717) is 12.1 Å². The number of benzene rings is 1. The number of nitrogens with one attached hydrogen (secondary N) is 1. The Morgan fingerprint density at radius 1 is 1.30 bits per heavy atom. The van der Waals surface area contributed by atoms with E-state index in [4.69, 9.17) is 4.74 Å². The molecule has 2 heteroatoms. The van der Waals surface area contributed by atoms with Crippen LogP contribution in [0.2, 0.25) is 0 Å². The second-order valence-electron chi connectivity index (χ2n) is 6.04. The fourth-order valence-electron chi connectivity index (χ4n) is 2.92. The van der Waals surface area contributed by atoms with Gasteiger partial charge in [0.25, 0.3) is 0 Å². The van der Waals surface area contributed by atoms with Crippen LogP contribution in [0.15, 0.2) is 35.9 Å². The molecule has 0 bridgehead atoms. The van der Waals surface area contributed by atoms with Crippen LogP contribution in [-0.2, 0) is 0 Å². The zero-order valence-electron chi connectivity index (χ0n) is 12.4. The smallest absolute Gasteiger partial charge is 0.120 e. The van der Waals surface area contributed by atoms with Crippen LogP contribution in [-0.4, -0.2) is 13.2 Å². The molecule has 1 fully saturated rings. The van der Waals surface area contributed by atoms with Crippen LogP contribution < -0.4 is 10.1 Å². The van der Waals surface area contributed by atoms with E-state index in [1.54, 1.807) is 5.57 Å². The van der Waals surface area contributed by atoms with Gasteiger partial charge in [-0.2, -0.15) is 0 Å². The predicted molar refractivity (Wildman–Crippen MR) is 83.1 cm³/mol. The summed E-state index contributed by atoms with van der Waals surface area (Å²) in [5.41, 5.74) is 2.96. The maximum atomic E-state index is 5.91. The highest BCUT2D eigenvalue weighted by atomic mass is 16.5. The fraction of sp³-hybridized carbons (Fsp3) is 0.556. The summed E-state index contributed by atoms with van der Waals surface area (Å²) in [6.07, 6.45) is 11.7. The van der Waals surface area contributed by atoms with E-state index in [2.05, 4.69) is 42.7 Å². The number of allylic oxidation sites excluding steroid dienone is 1. The Hall–Kier alpha value is -1.28. The molecule has 0 aromatic heterocycles. The first-order valence-electron chi connectivity index (χ1n) is 7.97. The van der Waals surface area contributed by atoms with Crippen molar-refractivity contribution >= 4 is 0 Å². The van der Waals surface area contributed by atoms with Gasteiger partial charge in [0.05, 0.1) is 6.10 Å². The van der Waals surface area contributed by atoms with E-state index < -0.39 is 0 Å². The molecular formula is C18H25NO. The van der Waals surface area contributed by atoms with Crippen molar-refractivity contribution in [2.75, 3.05) is 7.05 Å². The molecule has 0 radical (unpaired) electrons. The van der Waals surface area contributed by atoms with Gasteiger partial charge in [-0.25, -0.2) is 0 Å². The van der Waals surface area contributed by atoms with Gasteiger partial charge in [-0.1, -0.05) is 23.8 Å². The van der Waals surface area contributed by atoms with Crippen molar-refractivity contribution in [3.63, 3.8) is 0 Å². The SMILES string of the molecule is CNC(CC1=CCCCC1)c1cccc(OC2CC2)c1. The minimum Gasteiger partial charge on any atom is -0.490 e. The van der Waals surface area contributed by atoms with Crippen LogP contribution in [0.1, 0.15) is 56.6 Å². The molecule has 0 spiro atoms. The third-order valence-corrected chi connectivity index (χ3v) is 4.29. The molecule has 1 aromatic rings. The molecular weight excluding hydrogens is 246 g/mol. The van der Waals surface area contributed by atoms with E-state index in [1.807, 2.05) is 0 Å². The molecule has 1 atom stereocenters. The Bertz CT molecular complexity index is 476. The van der Waals surface area contributed by atoms with E-state index in [0.717, 1.165) is 12.2 Å². The molecule has 2 nitrogen and oxygen atoms in total. The van der Waals surface area contributed by atoms with Crippen LogP contribution in [0.5, 0.6) is 5.75 Å². The van der Waals surface area contributed by atoms with Gasteiger partial charge in [0.1, 0.15) is 5.75 Å². The molecule has 1 saturated carbocycles. The minimum atomic E-state index is 0.405. The van der Waals surface area contributed by atoms with Crippen LogP contribution >= 0.6 is 0 Å². The lowest BCUT2D eigenvalue weighted by molar-refractivity contribution is 0.302. The van der Waals surface area contributed by atoms with Gasteiger partial charge in [0, 0.05) is 6.04 Å². The molecule has 2 aliphatic rings. The quantitative estimate of drug-likeness (QED) is 0.775. The van der Waals surface area contributed by atoms with E-state index in [9.17, 15) is 0 Å². The molecule has 0 amide bonds. The van der Waals surface area contributed by atoms with Crippen molar-refractivity contribution in [2.24, 2.45) is 0 Å². The number of ether oxygens (including phenoxy) is 1. The summed E-state index contributed by atoms with van der Waals surface area (Å²) in [7, 11) is 2.06. The van der Waals surface area contributed by atoms with Crippen LogP contribution in [0.4, 0.5) is 0 Å². The van der Waals surface area contributed by atoms with Crippen LogP contribution in [0.3, 0.4) is 0 Å². The first-order chi connectivity index (χ1) is 9.85. The highest BCUT2D eigenvalue weighted by Gasteiger charge is 2.23. The van der Waals surface area contributed by atoms with Crippen molar-refractivity contribution in [2.45, 2.75) is 57.1 Å². The summed E-state index contributed by atoms with van der Waals surface area (Å²) in [6.45, 7) is 0. The molecule has 1 N–H and O–H groups in total. The Kier molecular flexibility index (Phi) is 4.41. The van der Waals surface area contributed by atoms with Gasteiger partial charge >= 0.3 is 0 Å². The third kappa shape index (κ3) is 3.63. The summed E-state index contributed by atoms with van der Waals surface area (Å²) in [5, 5.41) is 3.47. The zero-order valence-corrected chi connectivity index (χ0v) is 12.4. The Balaban J connectivity index is 1.69. The monoisotopic (exact) mass is 271 g/mol. The predicted octanol–water partition coefficient (Wildman–Crippen LogP) is 4.38. The molecule has 3 rings (SSSR count). The largest absolute Gasteiger partial charge is 0.490 e. The van der Waals surface area contributed by atoms with Crippen molar-refractivity contribution in [1.82, 2.24) is 5.32 Å². The van der Waals surface area contributed by atoms with Gasteiger partial charge in [-0.15, -0.1) is 0 Å². The molecule has 1 aromatic carbocycles. The summed E-state index contributed by atoms with van der Waals surface area (Å²) in [5.74, 6) is 1.03. The van der Waals surface area contributed by atoms with Gasteiger partial charge in [-0.3, -0.25) is 0 Å². The standard InChI is InChI=1S/C18H25NO/c1-19-18(12-14-6-3-2-4-7-14)15-8-5-9-17(13-15)20-16-10-11-16/h5-6,8-9,13,16,18-19H,2-4,7,10-12H2,1H3. The summed E-state index contributed by atoms with van der Waals surface area (Å²) in [4.78, 5) is 0. The maximum Gasteiger partial charge on any atom is 0.120 e. The molecule has 20 heavy (non-hydrogen) atoms. The van der Waals surface area contributed by atoms with E-state index in [1.165, 1.54) is 44.1 Å². The molecule has 0 saturated heterocycles. The number of rotatable bonds is 6. The third-order valence-electron chi connectivity index (χ3n) is 4.29. The van der Waals surface area contributed by atoms with Crippen LogP contribution in [0.25, 0.3) is 0 Å². The first-order valence-corrected chi connectivity index (χ1v) is 7.97. The Morgan fingerprint density at radius 2 is 2.20 bits per heavy atom. The lowest BCUT2D eigenvalue weighted by atomic mass is 9.91. The highest BCUT2D eigenvalue weighted by molar-refractivity contribution is 5.32. The van der Waals surface area contributed by atoms with E-state index >= 15 is 0 Å². The van der Waals surface area contributed by atoms with Crippen molar-refractivity contribution in [3.8, 4) is 5.75 Å². The van der Waals surface area contributed by atoms with Gasteiger partial charge in [0.15, 0.2) is 0 Å². The normalized spacial score (nSPS) is 20.4. The van der Waals surface area contributed by atoms with Gasteiger partial charge in [0.2, 0.25) is 0 Å². The molecule has 0 heterocycles. The lowest BCUT2D eigenvalue weighted by Crippen LogP contribution is -2.17. The lowest BCUT2D eigenvalue weighted by Gasteiger charge is -2.21. The number of hydrogen-bond acceptors (Lipinski definition) is 2. The Labute approximate surface area is 122 Å². The van der Waals surface area contributed by atoms with E-state index in [-0.39, 0.29) is 0 Å². The highest BCUT2D eigenvalue weighted by Crippen LogP contribution is 2.31. The second kappa shape index (κ2) is 6.45. The van der Waals surface area contributed by atoms with Crippen molar-refractivity contribution < 1.29 is 4.74 Å². The van der Waals surface area contributed by atoms with Crippen LogP contribution in [0, 0.1) is 0 Å². The maximum absolute atomic E-state index is 5.91. The zero-order chi connectivity index (χ0) is 13.8. The topological polar surface area (TPSA) is 21.3 Å².